The van der Waals surface area contributed by atoms with Crippen molar-refractivity contribution in [2.75, 3.05) is 18.0 Å². The van der Waals surface area contributed by atoms with Gasteiger partial charge in [0.2, 0.25) is 5.91 Å². The zero-order chi connectivity index (χ0) is 17.7. The molecule has 0 saturated heterocycles. The van der Waals surface area contributed by atoms with Crippen LogP contribution in [0.3, 0.4) is 0 Å². The topological polar surface area (TPSA) is 49.4 Å². The molecule has 0 atom stereocenters. The second kappa shape index (κ2) is 8.11. The zero-order valence-corrected chi connectivity index (χ0v) is 15.7. The summed E-state index contributed by atoms with van der Waals surface area (Å²) < 4.78 is 0.864. The molecule has 0 fully saturated rings. The Morgan fingerprint density at radius 1 is 1.12 bits per heavy atom. The van der Waals surface area contributed by atoms with Gasteiger partial charge in [0, 0.05) is 30.0 Å². The number of halogens is 1. The SMILES string of the molecule is CC(=O)N(CCNC(=O)c1ccccc1C)c1ccc(C)cc1Br. The number of amides is 2. The zero-order valence-electron chi connectivity index (χ0n) is 14.1. The van der Waals surface area contributed by atoms with Gasteiger partial charge in [-0.15, -0.1) is 0 Å². The van der Waals surface area contributed by atoms with Gasteiger partial charge < -0.3 is 10.2 Å². The molecule has 2 amide bonds. The number of carbonyl (C=O) groups is 2. The van der Waals surface area contributed by atoms with Crippen molar-refractivity contribution in [2.45, 2.75) is 20.8 Å². The first kappa shape index (κ1) is 18.2. The van der Waals surface area contributed by atoms with Gasteiger partial charge in [0.1, 0.15) is 0 Å². The molecular weight excluding hydrogens is 368 g/mol. The lowest BCUT2D eigenvalue weighted by Gasteiger charge is -2.23. The van der Waals surface area contributed by atoms with Gasteiger partial charge in [0.15, 0.2) is 0 Å². The Hall–Kier alpha value is -2.14. The van der Waals surface area contributed by atoms with Crippen molar-refractivity contribution in [3.63, 3.8) is 0 Å². The van der Waals surface area contributed by atoms with E-state index in [1.54, 1.807) is 11.0 Å². The van der Waals surface area contributed by atoms with E-state index in [9.17, 15) is 9.59 Å². The van der Waals surface area contributed by atoms with Crippen LogP contribution in [0.15, 0.2) is 46.9 Å². The second-order valence-corrected chi connectivity index (χ2v) is 6.55. The number of hydrogen-bond acceptors (Lipinski definition) is 2. The smallest absolute Gasteiger partial charge is 0.251 e. The molecule has 4 nitrogen and oxygen atoms in total. The van der Waals surface area contributed by atoms with Gasteiger partial charge in [0.25, 0.3) is 5.91 Å². The number of anilines is 1. The average Bonchev–Trinajstić information content (AvgIpc) is 2.52. The van der Waals surface area contributed by atoms with Crippen LogP contribution in [0.4, 0.5) is 5.69 Å². The first-order chi connectivity index (χ1) is 11.4. The van der Waals surface area contributed by atoms with Gasteiger partial charge in [-0.1, -0.05) is 24.3 Å². The molecule has 0 heterocycles. The fraction of sp³-hybridized carbons (Fsp3) is 0.263. The average molecular weight is 389 g/mol. The van der Waals surface area contributed by atoms with Crippen molar-refractivity contribution in [2.24, 2.45) is 0 Å². The fourth-order valence-corrected chi connectivity index (χ4v) is 3.19. The van der Waals surface area contributed by atoms with E-state index in [1.807, 2.05) is 50.2 Å². The van der Waals surface area contributed by atoms with Crippen molar-refractivity contribution in [1.82, 2.24) is 5.32 Å². The molecule has 0 unspecified atom stereocenters. The molecule has 0 bridgehead atoms. The van der Waals surface area contributed by atoms with Crippen LogP contribution in [0.2, 0.25) is 0 Å². The summed E-state index contributed by atoms with van der Waals surface area (Å²) in [6.07, 6.45) is 0. The largest absolute Gasteiger partial charge is 0.350 e. The number of nitrogens with zero attached hydrogens (tertiary/aromatic N) is 1. The maximum atomic E-state index is 12.2. The monoisotopic (exact) mass is 388 g/mol. The highest BCUT2D eigenvalue weighted by Gasteiger charge is 2.15. The summed E-state index contributed by atoms with van der Waals surface area (Å²) in [6.45, 7) is 6.21. The summed E-state index contributed by atoms with van der Waals surface area (Å²) in [5, 5.41) is 2.88. The molecule has 0 aliphatic rings. The summed E-state index contributed by atoms with van der Waals surface area (Å²) in [6, 6.07) is 13.3. The number of carbonyl (C=O) groups excluding carboxylic acids is 2. The second-order valence-electron chi connectivity index (χ2n) is 5.70. The maximum absolute atomic E-state index is 12.2. The molecule has 2 aromatic rings. The maximum Gasteiger partial charge on any atom is 0.251 e. The van der Waals surface area contributed by atoms with Crippen molar-refractivity contribution in [3.05, 3.63) is 63.6 Å². The van der Waals surface area contributed by atoms with Crippen LogP contribution in [0.1, 0.15) is 28.4 Å². The predicted octanol–water partition coefficient (Wildman–Crippen LogP) is 3.85. The first-order valence-electron chi connectivity index (χ1n) is 7.78. The third kappa shape index (κ3) is 4.45. The standard InChI is InChI=1S/C19H21BrN2O2/c1-13-8-9-18(17(20)12-13)22(15(3)23)11-10-21-19(24)16-7-5-4-6-14(16)2/h4-9,12H,10-11H2,1-3H3,(H,21,24). The molecule has 0 saturated carbocycles. The number of nitrogens with one attached hydrogen (secondary N) is 1. The normalized spacial score (nSPS) is 10.3. The quantitative estimate of drug-likeness (QED) is 0.845. The Bertz CT molecular complexity index is 759. The van der Waals surface area contributed by atoms with E-state index in [-0.39, 0.29) is 11.8 Å². The van der Waals surface area contributed by atoms with Crippen LogP contribution >= 0.6 is 15.9 Å². The Balaban J connectivity index is 2.04. The van der Waals surface area contributed by atoms with E-state index in [1.165, 1.54) is 6.92 Å². The molecule has 5 heteroatoms. The van der Waals surface area contributed by atoms with Crippen molar-refractivity contribution < 1.29 is 9.59 Å². The van der Waals surface area contributed by atoms with Gasteiger partial charge in [-0.2, -0.15) is 0 Å². The molecule has 0 radical (unpaired) electrons. The lowest BCUT2D eigenvalue weighted by molar-refractivity contribution is -0.116. The number of benzene rings is 2. The van der Waals surface area contributed by atoms with E-state index in [0.717, 1.165) is 21.3 Å². The molecule has 1 N–H and O–H groups in total. The van der Waals surface area contributed by atoms with Crippen LogP contribution in [0.5, 0.6) is 0 Å². The van der Waals surface area contributed by atoms with Crippen LogP contribution < -0.4 is 10.2 Å². The lowest BCUT2D eigenvalue weighted by atomic mass is 10.1. The van der Waals surface area contributed by atoms with Crippen molar-refractivity contribution in [1.29, 1.82) is 0 Å². The highest BCUT2D eigenvalue weighted by atomic mass is 79.9. The Labute approximate surface area is 151 Å². The van der Waals surface area contributed by atoms with Crippen molar-refractivity contribution >= 4 is 33.4 Å². The summed E-state index contributed by atoms with van der Waals surface area (Å²) in [5.41, 5.74) is 3.50. The minimum Gasteiger partial charge on any atom is -0.350 e. The summed E-state index contributed by atoms with van der Waals surface area (Å²) in [4.78, 5) is 25.9. The molecule has 0 aromatic heterocycles. The molecule has 2 rings (SSSR count). The highest BCUT2D eigenvalue weighted by molar-refractivity contribution is 9.10. The van der Waals surface area contributed by atoms with Gasteiger partial charge in [-0.25, -0.2) is 0 Å². The molecule has 0 spiro atoms. The third-order valence-corrected chi connectivity index (χ3v) is 4.42. The molecule has 2 aromatic carbocycles. The lowest BCUT2D eigenvalue weighted by Crippen LogP contribution is -2.37. The molecular formula is C19H21BrN2O2. The van der Waals surface area contributed by atoms with Crippen LogP contribution in [0.25, 0.3) is 0 Å². The van der Waals surface area contributed by atoms with E-state index in [0.29, 0.717) is 18.7 Å². The van der Waals surface area contributed by atoms with Crippen LogP contribution in [0, 0.1) is 13.8 Å². The Morgan fingerprint density at radius 3 is 2.46 bits per heavy atom. The molecule has 24 heavy (non-hydrogen) atoms. The molecule has 126 valence electrons. The van der Waals surface area contributed by atoms with Gasteiger partial charge in [-0.3, -0.25) is 9.59 Å². The first-order valence-corrected chi connectivity index (χ1v) is 8.57. The number of hydrogen-bond donors (Lipinski definition) is 1. The molecule has 0 aliphatic heterocycles. The van der Waals surface area contributed by atoms with Gasteiger partial charge >= 0.3 is 0 Å². The number of rotatable bonds is 5. The van der Waals surface area contributed by atoms with Crippen LogP contribution in [-0.2, 0) is 4.79 Å². The van der Waals surface area contributed by atoms with Crippen molar-refractivity contribution in [3.8, 4) is 0 Å². The van der Waals surface area contributed by atoms with E-state index < -0.39 is 0 Å². The third-order valence-electron chi connectivity index (χ3n) is 3.78. The fourth-order valence-electron chi connectivity index (χ4n) is 2.48. The summed E-state index contributed by atoms with van der Waals surface area (Å²) in [7, 11) is 0. The summed E-state index contributed by atoms with van der Waals surface area (Å²) in [5.74, 6) is -0.190. The van der Waals surface area contributed by atoms with Gasteiger partial charge in [-0.05, 0) is 59.1 Å². The van der Waals surface area contributed by atoms with E-state index >= 15 is 0 Å². The summed E-state index contributed by atoms with van der Waals surface area (Å²) >= 11 is 3.50. The van der Waals surface area contributed by atoms with Crippen LogP contribution in [-0.4, -0.2) is 24.9 Å². The minimum absolute atomic E-state index is 0.0651. The van der Waals surface area contributed by atoms with E-state index in [4.69, 9.17) is 0 Å². The Morgan fingerprint density at radius 2 is 1.83 bits per heavy atom. The molecule has 0 aliphatic carbocycles. The number of aryl methyl sites for hydroxylation is 2. The van der Waals surface area contributed by atoms with E-state index in [2.05, 4.69) is 21.2 Å². The predicted molar refractivity (Wildman–Crippen MR) is 100 cm³/mol. The van der Waals surface area contributed by atoms with Gasteiger partial charge in [0.05, 0.1) is 5.69 Å². The Kier molecular flexibility index (Phi) is 6.15. The minimum atomic E-state index is -0.125. The highest BCUT2D eigenvalue weighted by Crippen LogP contribution is 2.27.